The highest BCUT2D eigenvalue weighted by Crippen LogP contribution is 2.31. The van der Waals surface area contributed by atoms with E-state index in [0.717, 1.165) is 6.07 Å². The molecule has 3 nitrogen and oxygen atoms in total. The van der Waals surface area contributed by atoms with Crippen molar-refractivity contribution in [3.8, 4) is 5.75 Å². The molecule has 0 radical (unpaired) electrons. The highest BCUT2D eigenvalue weighted by atomic mass is 19.3. The lowest BCUT2D eigenvalue weighted by atomic mass is 10.1. The van der Waals surface area contributed by atoms with Crippen LogP contribution in [0.3, 0.4) is 0 Å². The number of benzene rings is 1. The number of aliphatic hydroxyl groups is 1. The SMILES string of the molecule is NC(CO)c1ccccc1OC(F)(F)C(F)F. The van der Waals surface area contributed by atoms with Gasteiger partial charge in [0.25, 0.3) is 0 Å². The largest absolute Gasteiger partial charge is 0.461 e. The summed E-state index contributed by atoms with van der Waals surface area (Å²) < 4.78 is 53.3. The second kappa shape index (κ2) is 5.33. The van der Waals surface area contributed by atoms with Gasteiger partial charge in [0.05, 0.1) is 12.6 Å². The Bertz CT molecular complexity index is 373. The quantitative estimate of drug-likeness (QED) is 0.788. The van der Waals surface area contributed by atoms with Gasteiger partial charge in [-0.15, -0.1) is 0 Å². The third kappa shape index (κ3) is 3.31. The first kappa shape index (κ1) is 13.7. The zero-order valence-electron chi connectivity index (χ0n) is 8.62. The number of halogens is 4. The zero-order valence-corrected chi connectivity index (χ0v) is 8.62. The minimum absolute atomic E-state index is 0.0373. The fourth-order valence-electron chi connectivity index (χ4n) is 1.17. The average Bonchev–Trinajstić information content (AvgIpc) is 2.28. The standard InChI is InChI=1S/C10H11F4NO2/c11-9(12)10(13,14)17-8-4-2-1-3-6(8)7(15)5-16/h1-4,7,9,16H,5,15H2. The highest BCUT2D eigenvalue weighted by Gasteiger charge is 2.44. The molecule has 1 atom stereocenters. The van der Waals surface area contributed by atoms with E-state index in [0.29, 0.717) is 0 Å². The van der Waals surface area contributed by atoms with E-state index in [4.69, 9.17) is 10.8 Å². The summed E-state index contributed by atoms with van der Waals surface area (Å²) in [5.41, 5.74) is 5.46. The van der Waals surface area contributed by atoms with Crippen molar-refractivity contribution in [2.45, 2.75) is 18.6 Å². The number of para-hydroxylation sites is 1. The zero-order chi connectivity index (χ0) is 13.1. The minimum Gasteiger partial charge on any atom is -0.428 e. The molecule has 0 aliphatic carbocycles. The van der Waals surface area contributed by atoms with Gasteiger partial charge in [-0.2, -0.15) is 17.6 Å². The number of ether oxygens (including phenoxy) is 1. The molecular weight excluding hydrogens is 242 g/mol. The molecule has 1 aromatic rings. The summed E-state index contributed by atoms with van der Waals surface area (Å²) in [6.07, 6.45) is -8.54. The summed E-state index contributed by atoms with van der Waals surface area (Å²) >= 11 is 0. The highest BCUT2D eigenvalue weighted by molar-refractivity contribution is 5.36. The summed E-state index contributed by atoms with van der Waals surface area (Å²) in [7, 11) is 0. The smallest absolute Gasteiger partial charge is 0.428 e. The number of hydrogen-bond acceptors (Lipinski definition) is 3. The maximum absolute atomic E-state index is 12.7. The first-order chi connectivity index (χ1) is 7.88. The maximum Gasteiger partial charge on any atom is 0.461 e. The molecule has 0 spiro atoms. The normalized spacial score (nSPS) is 13.8. The minimum atomic E-state index is -4.59. The second-order valence-corrected chi connectivity index (χ2v) is 3.29. The molecule has 0 saturated carbocycles. The number of hydrogen-bond donors (Lipinski definition) is 2. The molecule has 96 valence electrons. The van der Waals surface area contributed by atoms with Crippen molar-refractivity contribution >= 4 is 0 Å². The van der Waals surface area contributed by atoms with Crippen LogP contribution in [-0.4, -0.2) is 24.2 Å². The first-order valence-corrected chi connectivity index (χ1v) is 4.69. The van der Waals surface area contributed by atoms with Crippen molar-refractivity contribution in [3.63, 3.8) is 0 Å². The Labute approximate surface area is 94.8 Å². The molecule has 1 unspecified atom stereocenters. The van der Waals surface area contributed by atoms with Crippen LogP contribution in [0, 0.1) is 0 Å². The van der Waals surface area contributed by atoms with Gasteiger partial charge in [0.2, 0.25) is 0 Å². The molecule has 0 amide bonds. The van der Waals surface area contributed by atoms with Gasteiger partial charge in [0.1, 0.15) is 5.75 Å². The van der Waals surface area contributed by atoms with Gasteiger partial charge in [-0.1, -0.05) is 18.2 Å². The van der Waals surface area contributed by atoms with E-state index in [1.165, 1.54) is 18.2 Å². The van der Waals surface area contributed by atoms with E-state index in [-0.39, 0.29) is 5.56 Å². The molecular formula is C10H11F4NO2. The third-order valence-corrected chi connectivity index (χ3v) is 2.02. The Morgan fingerprint density at radius 2 is 1.88 bits per heavy atom. The molecule has 0 bridgehead atoms. The molecule has 7 heteroatoms. The Kier molecular flexibility index (Phi) is 4.30. The Morgan fingerprint density at radius 1 is 1.29 bits per heavy atom. The van der Waals surface area contributed by atoms with E-state index in [1.807, 2.05) is 0 Å². The summed E-state index contributed by atoms with van der Waals surface area (Å²) in [4.78, 5) is 0. The van der Waals surface area contributed by atoms with Gasteiger partial charge in [0.15, 0.2) is 0 Å². The van der Waals surface area contributed by atoms with Gasteiger partial charge in [-0.05, 0) is 6.07 Å². The average molecular weight is 253 g/mol. The second-order valence-electron chi connectivity index (χ2n) is 3.29. The van der Waals surface area contributed by atoms with Gasteiger partial charge in [-0.3, -0.25) is 0 Å². The van der Waals surface area contributed by atoms with Crippen LogP contribution in [0.2, 0.25) is 0 Å². The topological polar surface area (TPSA) is 55.5 Å². The van der Waals surface area contributed by atoms with E-state index >= 15 is 0 Å². The molecule has 0 aliphatic rings. The molecule has 0 aromatic heterocycles. The van der Waals surface area contributed by atoms with Crippen LogP contribution >= 0.6 is 0 Å². The summed E-state index contributed by atoms with van der Waals surface area (Å²) in [5, 5.41) is 8.80. The molecule has 0 aliphatic heterocycles. The Morgan fingerprint density at radius 3 is 2.41 bits per heavy atom. The van der Waals surface area contributed by atoms with E-state index in [2.05, 4.69) is 4.74 Å². The lowest BCUT2D eigenvalue weighted by Crippen LogP contribution is -2.34. The van der Waals surface area contributed by atoms with Crippen LogP contribution < -0.4 is 10.5 Å². The van der Waals surface area contributed by atoms with E-state index < -0.39 is 30.9 Å². The number of alkyl halides is 4. The van der Waals surface area contributed by atoms with Crippen LogP contribution in [0.15, 0.2) is 24.3 Å². The van der Waals surface area contributed by atoms with Crippen molar-refractivity contribution < 1.29 is 27.4 Å². The van der Waals surface area contributed by atoms with Gasteiger partial charge in [0, 0.05) is 5.56 Å². The molecule has 0 fully saturated rings. The van der Waals surface area contributed by atoms with Gasteiger partial charge in [-0.25, -0.2) is 0 Å². The van der Waals surface area contributed by atoms with Gasteiger partial charge < -0.3 is 15.6 Å². The first-order valence-electron chi connectivity index (χ1n) is 4.69. The van der Waals surface area contributed by atoms with Crippen molar-refractivity contribution in [2.24, 2.45) is 5.73 Å². The van der Waals surface area contributed by atoms with Crippen molar-refractivity contribution in [1.29, 1.82) is 0 Å². The fraction of sp³-hybridized carbons (Fsp3) is 0.400. The molecule has 0 saturated heterocycles. The van der Waals surface area contributed by atoms with Crippen LogP contribution in [0.1, 0.15) is 11.6 Å². The Balaban J connectivity index is 2.98. The van der Waals surface area contributed by atoms with Gasteiger partial charge >= 0.3 is 12.5 Å². The van der Waals surface area contributed by atoms with E-state index in [1.54, 1.807) is 0 Å². The predicted octanol–water partition coefficient (Wildman–Crippen LogP) is 1.92. The summed E-state index contributed by atoms with van der Waals surface area (Å²) in [6.45, 7) is -0.513. The molecule has 1 aromatic carbocycles. The predicted molar refractivity (Wildman–Crippen MR) is 52.0 cm³/mol. The van der Waals surface area contributed by atoms with Crippen molar-refractivity contribution in [1.82, 2.24) is 0 Å². The van der Waals surface area contributed by atoms with Crippen LogP contribution in [-0.2, 0) is 0 Å². The van der Waals surface area contributed by atoms with Crippen molar-refractivity contribution in [3.05, 3.63) is 29.8 Å². The van der Waals surface area contributed by atoms with Crippen LogP contribution in [0.25, 0.3) is 0 Å². The number of rotatable bonds is 5. The molecule has 1 rings (SSSR count). The molecule has 17 heavy (non-hydrogen) atoms. The van der Waals surface area contributed by atoms with E-state index in [9.17, 15) is 17.6 Å². The lowest BCUT2D eigenvalue weighted by Gasteiger charge is -2.20. The van der Waals surface area contributed by atoms with Crippen molar-refractivity contribution in [2.75, 3.05) is 6.61 Å². The maximum atomic E-state index is 12.7. The molecule has 3 N–H and O–H groups in total. The monoisotopic (exact) mass is 253 g/mol. The molecule has 0 heterocycles. The lowest BCUT2D eigenvalue weighted by molar-refractivity contribution is -0.253. The summed E-state index contributed by atoms with van der Waals surface area (Å²) in [5.74, 6) is -0.473. The van der Waals surface area contributed by atoms with Crippen LogP contribution in [0.4, 0.5) is 17.6 Å². The number of aliphatic hydroxyl groups excluding tert-OH is 1. The third-order valence-electron chi connectivity index (χ3n) is 2.02. The fourth-order valence-corrected chi connectivity index (χ4v) is 1.17. The van der Waals surface area contributed by atoms with Crippen LogP contribution in [0.5, 0.6) is 5.75 Å². The number of nitrogens with two attached hydrogens (primary N) is 1. The Hall–Kier alpha value is -1.34. The summed E-state index contributed by atoms with van der Waals surface area (Å²) in [6, 6.07) is 4.24.